The zero-order chi connectivity index (χ0) is 17.0. The van der Waals surface area contributed by atoms with Crippen molar-refractivity contribution in [3.8, 4) is 0 Å². The van der Waals surface area contributed by atoms with Crippen LogP contribution in [0.3, 0.4) is 0 Å². The Kier molecular flexibility index (Phi) is 5.86. The van der Waals surface area contributed by atoms with Crippen LogP contribution in [0.2, 0.25) is 5.02 Å². The zero-order valence-electron chi connectivity index (χ0n) is 13.5. The lowest BCUT2D eigenvalue weighted by molar-refractivity contribution is 0.239. The van der Waals surface area contributed by atoms with Crippen LogP contribution in [0.1, 0.15) is 18.2 Å². The third-order valence-electron chi connectivity index (χ3n) is 3.55. The summed E-state index contributed by atoms with van der Waals surface area (Å²) in [4.78, 5) is 2.13. The second kappa shape index (κ2) is 7.49. The highest BCUT2D eigenvalue weighted by atomic mass is 35.5. The van der Waals surface area contributed by atoms with Crippen molar-refractivity contribution in [1.29, 1.82) is 0 Å². The minimum absolute atomic E-state index is 0.0358. The second-order valence-corrected chi connectivity index (χ2v) is 7.89. The highest BCUT2D eigenvalue weighted by molar-refractivity contribution is 7.88. The summed E-state index contributed by atoms with van der Waals surface area (Å²) in [7, 11) is -0.578. The highest BCUT2D eigenvalue weighted by Crippen LogP contribution is 2.21. The minimum atomic E-state index is -3.54. The predicted molar refractivity (Wildman–Crippen MR) is 90.8 cm³/mol. The predicted octanol–water partition coefficient (Wildman–Crippen LogP) is 3.21. The molecule has 2 rings (SSSR count). The lowest BCUT2D eigenvalue weighted by atomic mass is 10.2. The second-order valence-electron chi connectivity index (χ2n) is 5.40. The fourth-order valence-corrected chi connectivity index (χ4v) is 3.14. The Morgan fingerprint density at radius 3 is 2.39 bits per heavy atom. The summed E-state index contributed by atoms with van der Waals surface area (Å²) in [5.41, 5.74) is 1.03. The Labute approximate surface area is 142 Å². The van der Waals surface area contributed by atoms with Gasteiger partial charge in [-0.1, -0.05) is 36.7 Å². The molecular formula is C16H21ClN2O3S. The van der Waals surface area contributed by atoms with E-state index in [-0.39, 0.29) is 5.09 Å². The van der Waals surface area contributed by atoms with Gasteiger partial charge in [-0.3, -0.25) is 4.90 Å². The molecule has 0 unspecified atom stereocenters. The van der Waals surface area contributed by atoms with Gasteiger partial charge in [0.05, 0.1) is 6.54 Å². The molecule has 0 aliphatic rings. The van der Waals surface area contributed by atoms with Crippen molar-refractivity contribution >= 4 is 21.6 Å². The molecule has 126 valence electrons. The van der Waals surface area contributed by atoms with Crippen LogP contribution in [0.25, 0.3) is 0 Å². The van der Waals surface area contributed by atoms with E-state index >= 15 is 0 Å². The SMILES string of the molecule is CCN(Cc1ccc(S(=O)(=O)N(C)C)o1)Cc1ccccc1Cl. The molecule has 0 fully saturated rings. The van der Waals surface area contributed by atoms with E-state index in [0.717, 1.165) is 21.4 Å². The first kappa shape index (κ1) is 18.0. The standard InChI is InChI=1S/C16H21ClN2O3S/c1-4-19(11-13-7-5-6-8-15(13)17)12-14-9-10-16(22-14)23(20,21)18(2)3/h5-10H,4,11-12H2,1-3H3. The van der Waals surface area contributed by atoms with Crippen molar-refractivity contribution in [3.05, 3.63) is 52.7 Å². The summed E-state index contributed by atoms with van der Waals surface area (Å²) in [5, 5.41) is 0.688. The molecule has 0 aliphatic heterocycles. The summed E-state index contributed by atoms with van der Waals surface area (Å²) in [5.74, 6) is 0.610. The molecule has 5 nitrogen and oxygen atoms in total. The van der Waals surface area contributed by atoms with E-state index in [4.69, 9.17) is 16.0 Å². The van der Waals surface area contributed by atoms with Gasteiger partial charge in [-0.2, -0.15) is 0 Å². The normalized spacial score (nSPS) is 12.3. The summed E-state index contributed by atoms with van der Waals surface area (Å²) in [6.07, 6.45) is 0. The first-order valence-corrected chi connectivity index (χ1v) is 9.13. The molecule has 0 radical (unpaired) electrons. The number of sulfonamides is 1. The minimum Gasteiger partial charge on any atom is -0.447 e. The fraction of sp³-hybridized carbons (Fsp3) is 0.375. The smallest absolute Gasteiger partial charge is 0.275 e. The molecule has 0 N–H and O–H groups in total. The number of hydrogen-bond acceptors (Lipinski definition) is 4. The molecule has 0 bridgehead atoms. The lowest BCUT2D eigenvalue weighted by Gasteiger charge is -2.19. The number of nitrogens with zero attached hydrogens (tertiary/aromatic N) is 2. The summed E-state index contributed by atoms with van der Waals surface area (Å²) >= 11 is 6.19. The largest absolute Gasteiger partial charge is 0.447 e. The third-order valence-corrected chi connectivity index (χ3v) is 5.61. The van der Waals surface area contributed by atoms with Gasteiger partial charge < -0.3 is 4.42 Å². The van der Waals surface area contributed by atoms with Crippen LogP contribution in [0.5, 0.6) is 0 Å². The van der Waals surface area contributed by atoms with Crippen molar-refractivity contribution in [3.63, 3.8) is 0 Å². The molecule has 0 amide bonds. The Morgan fingerprint density at radius 1 is 1.09 bits per heavy atom. The maximum absolute atomic E-state index is 12.0. The van der Waals surface area contributed by atoms with Gasteiger partial charge in [-0.25, -0.2) is 12.7 Å². The van der Waals surface area contributed by atoms with Gasteiger partial charge >= 0.3 is 0 Å². The van der Waals surface area contributed by atoms with E-state index in [9.17, 15) is 8.42 Å². The molecule has 1 aromatic heterocycles. The zero-order valence-corrected chi connectivity index (χ0v) is 15.1. The lowest BCUT2D eigenvalue weighted by Crippen LogP contribution is -2.23. The van der Waals surface area contributed by atoms with Crippen LogP contribution in [-0.2, 0) is 23.1 Å². The summed E-state index contributed by atoms with van der Waals surface area (Å²) < 4.78 is 30.7. The van der Waals surface area contributed by atoms with Crippen molar-refractivity contribution in [1.82, 2.24) is 9.21 Å². The Hall–Kier alpha value is -1.34. The molecule has 23 heavy (non-hydrogen) atoms. The number of halogens is 1. The van der Waals surface area contributed by atoms with Gasteiger partial charge in [0, 0.05) is 25.7 Å². The molecule has 0 saturated heterocycles. The van der Waals surface area contributed by atoms with Gasteiger partial charge in [0.15, 0.2) is 0 Å². The highest BCUT2D eigenvalue weighted by Gasteiger charge is 2.22. The van der Waals surface area contributed by atoms with Crippen LogP contribution in [-0.4, -0.2) is 38.3 Å². The van der Waals surface area contributed by atoms with E-state index in [0.29, 0.717) is 18.8 Å². The van der Waals surface area contributed by atoms with E-state index in [2.05, 4.69) is 4.90 Å². The fourth-order valence-electron chi connectivity index (χ4n) is 2.13. The van der Waals surface area contributed by atoms with Crippen LogP contribution < -0.4 is 0 Å². The molecular weight excluding hydrogens is 336 g/mol. The molecule has 7 heteroatoms. The van der Waals surface area contributed by atoms with Crippen molar-refractivity contribution in [2.45, 2.75) is 25.1 Å². The molecule has 0 aliphatic carbocycles. The van der Waals surface area contributed by atoms with E-state index < -0.39 is 10.0 Å². The van der Waals surface area contributed by atoms with Gasteiger partial charge in [0.25, 0.3) is 10.0 Å². The van der Waals surface area contributed by atoms with E-state index in [1.54, 1.807) is 6.07 Å². The molecule has 1 heterocycles. The average molecular weight is 357 g/mol. The quantitative estimate of drug-likeness (QED) is 0.764. The first-order valence-electron chi connectivity index (χ1n) is 7.31. The summed E-state index contributed by atoms with van der Waals surface area (Å²) in [6, 6.07) is 10.9. The maximum atomic E-state index is 12.0. The maximum Gasteiger partial charge on any atom is 0.275 e. The number of hydrogen-bond donors (Lipinski definition) is 0. The van der Waals surface area contributed by atoms with Crippen LogP contribution in [0, 0.1) is 0 Å². The summed E-state index contributed by atoms with van der Waals surface area (Å²) in [6.45, 7) is 4.02. The molecule has 1 aromatic carbocycles. The topological polar surface area (TPSA) is 53.8 Å². The third kappa shape index (κ3) is 4.35. The van der Waals surface area contributed by atoms with Crippen molar-refractivity contribution in [2.24, 2.45) is 0 Å². The monoisotopic (exact) mass is 356 g/mol. The van der Waals surface area contributed by atoms with Gasteiger partial charge in [0.2, 0.25) is 5.09 Å². The van der Waals surface area contributed by atoms with Crippen LogP contribution >= 0.6 is 11.6 Å². The molecule has 2 aromatic rings. The van der Waals surface area contributed by atoms with Crippen molar-refractivity contribution in [2.75, 3.05) is 20.6 Å². The van der Waals surface area contributed by atoms with Gasteiger partial charge in [0.1, 0.15) is 5.76 Å². The molecule has 0 spiro atoms. The van der Waals surface area contributed by atoms with E-state index in [1.165, 1.54) is 20.2 Å². The van der Waals surface area contributed by atoms with Crippen LogP contribution in [0.15, 0.2) is 45.9 Å². The van der Waals surface area contributed by atoms with Crippen LogP contribution in [0.4, 0.5) is 0 Å². The Morgan fingerprint density at radius 2 is 1.78 bits per heavy atom. The Balaban J connectivity index is 2.11. The number of benzene rings is 1. The molecule has 0 saturated carbocycles. The number of rotatable bonds is 7. The average Bonchev–Trinajstić information content (AvgIpc) is 2.97. The first-order chi connectivity index (χ1) is 10.8. The molecule has 0 atom stereocenters. The van der Waals surface area contributed by atoms with E-state index in [1.807, 2.05) is 31.2 Å². The Bertz CT molecular complexity index is 756. The van der Waals surface area contributed by atoms with Gasteiger partial charge in [-0.05, 0) is 30.3 Å². The number of furan rings is 1. The van der Waals surface area contributed by atoms with Crippen molar-refractivity contribution < 1.29 is 12.8 Å². The van der Waals surface area contributed by atoms with Gasteiger partial charge in [-0.15, -0.1) is 0 Å².